The first-order chi connectivity index (χ1) is 13.6. The van der Waals surface area contributed by atoms with Gasteiger partial charge in [0, 0.05) is 54.8 Å². The van der Waals surface area contributed by atoms with Crippen LogP contribution in [0.3, 0.4) is 0 Å². The lowest BCUT2D eigenvalue weighted by Crippen LogP contribution is -2.26. The molecule has 2 aromatic heterocycles. The number of likely N-dealkylation sites (tertiary alicyclic amines) is 1. The molecule has 1 aromatic carbocycles. The van der Waals surface area contributed by atoms with Crippen molar-refractivity contribution in [1.82, 2.24) is 19.4 Å². The predicted molar refractivity (Wildman–Crippen MR) is 110 cm³/mol. The first kappa shape index (κ1) is 17.6. The van der Waals surface area contributed by atoms with E-state index in [4.69, 9.17) is 0 Å². The number of nitrogens with zero attached hydrogens (tertiary/aromatic N) is 4. The van der Waals surface area contributed by atoms with Gasteiger partial charge in [-0.3, -0.25) is 14.7 Å². The number of imidazole rings is 1. The zero-order valence-electron chi connectivity index (χ0n) is 16.6. The number of rotatable bonds is 5. The first-order valence-corrected chi connectivity index (χ1v) is 10.2. The van der Waals surface area contributed by atoms with Crippen molar-refractivity contribution < 1.29 is 4.79 Å². The minimum Gasteiger partial charge on any atom is -0.331 e. The van der Waals surface area contributed by atoms with Crippen molar-refractivity contribution in [2.45, 2.75) is 38.6 Å². The molecule has 3 aromatic rings. The normalized spacial score (nSPS) is 20.1. The maximum Gasteiger partial charge on any atom is 0.143 e. The summed E-state index contributed by atoms with van der Waals surface area (Å²) < 4.78 is 2.10. The van der Waals surface area contributed by atoms with E-state index in [1.54, 1.807) is 0 Å². The summed E-state index contributed by atoms with van der Waals surface area (Å²) in [6.45, 7) is 4.03. The smallest absolute Gasteiger partial charge is 0.143 e. The molecule has 1 saturated heterocycles. The molecule has 0 amide bonds. The molecular formula is C23H26N4O. The van der Waals surface area contributed by atoms with Gasteiger partial charge in [0.05, 0.1) is 11.9 Å². The van der Waals surface area contributed by atoms with Crippen molar-refractivity contribution in [1.29, 1.82) is 0 Å². The van der Waals surface area contributed by atoms with Crippen LogP contribution in [-0.2, 0) is 18.3 Å². The lowest BCUT2D eigenvalue weighted by Gasteiger charge is -2.14. The quantitative estimate of drug-likeness (QED) is 0.685. The topological polar surface area (TPSA) is 51.0 Å². The molecule has 5 nitrogen and oxygen atoms in total. The van der Waals surface area contributed by atoms with Crippen molar-refractivity contribution in [3.63, 3.8) is 0 Å². The number of hydrogen-bond acceptors (Lipinski definition) is 4. The molecule has 1 aliphatic heterocycles. The molecular weight excluding hydrogens is 348 g/mol. The summed E-state index contributed by atoms with van der Waals surface area (Å²) in [6.07, 6.45) is 7.87. The Labute approximate surface area is 165 Å². The Morgan fingerprint density at radius 2 is 1.96 bits per heavy atom. The van der Waals surface area contributed by atoms with Gasteiger partial charge >= 0.3 is 0 Å². The van der Waals surface area contributed by atoms with Gasteiger partial charge < -0.3 is 4.57 Å². The van der Waals surface area contributed by atoms with Crippen molar-refractivity contribution in [2.24, 2.45) is 13.0 Å². The number of benzene rings is 1. The van der Waals surface area contributed by atoms with E-state index in [0.29, 0.717) is 12.2 Å². The van der Waals surface area contributed by atoms with Crippen molar-refractivity contribution in [2.75, 3.05) is 13.1 Å². The molecule has 1 atom stereocenters. The van der Waals surface area contributed by atoms with Crippen molar-refractivity contribution in [3.8, 4) is 11.3 Å². The van der Waals surface area contributed by atoms with Crippen LogP contribution in [0.15, 0.2) is 36.7 Å². The molecule has 144 valence electrons. The van der Waals surface area contributed by atoms with Crippen LogP contribution >= 0.6 is 0 Å². The number of aromatic nitrogens is 3. The molecule has 2 aliphatic rings. The fourth-order valence-corrected chi connectivity index (χ4v) is 4.36. The van der Waals surface area contributed by atoms with Crippen molar-refractivity contribution >= 4 is 16.6 Å². The third-order valence-electron chi connectivity index (χ3n) is 6.39. The Morgan fingerprint density at radius 3 is 2.71 bits per heavy atom. The minimum absolute atomic E-state index is 0.182. The molecule has 1 aliphatic carbocycles. The lowest BCUT2D eigenvalue weighted by molar-refractivity contribution is -0.121. The molecule has 2 fully saturated rings. The number of carbonyl (C=O) groups excluding carboxylic acids is 1. The van der Waals surface area contributed by atoms with E-state index < -0.39 is 0 Å². The highest BCUT2D eigenvalue weighted by Gasteiger charge is 2.36. The molecule has 3 heterocycles. The monoisotopic (exact) mass is 374 g/mol. The average molecular weight is 374 g/mol. The van der Waals surface area contributed by atoms with E-state index in [1.165, 1.54) is 12.8 Å². The Bertz CT molecular complexity index is 1050. The molecule has 28 heavy (non-hydrogen) atoms. The van der Waals surface area contributed by atoms with E-state index in [2.05, 4.69) is 43.7 Å². The minimum atomic E-state index is 0.182. The standard InChI is InChI=1S/C23H26N4O/c1-15-24-13-22(26(15)2)16-3-4-17-12-25-20(10-19(17)9-16)11-23(28)18-7-8-27(14-18)21-5-6-21/h3-4,9-10,12-13,18,21H,5-8,11,14H2,1-2H3. The van der Waals surface area contributed by atoms with Crippen LogP contribution in [0.1, 0.15) is 30.8 Å². The number of ketones is 1. The Kier molecular flexibility index (Phi) is 4.27. The maximum atomic E-state index is 12.8. The molecule has 0 spiro atoms. The summed E-state index contributed by atoms with van der Waals surface area (Å²) in [5.41, 5.74) is 3.11. The van der Waals surface area contributed by atoms with Gasteiger partial charge in [0.1, 0.15) is 11.6 Å². The van der Waals surface area contributed by atoms with Gasteiger partial charge in [0.2, 0.25) is 0 Å². The van der Waals surface area contributed by atoms with Crippen LogP contribution in [0.25, 0.3) is 22.0 Å². The van der Waals surface area contributed by atoms with Gasteiger partial charge in [0.15, 0.2) is 0 Å². The van der Waals surface area contributed by atoms with Crippen molar-refractivity contribution in [3.05, 3.63) is 48.2 Å². The summed E-state index contributed by atoms with van der Waals surface area (Å²) >= 11 is 0. The highest BCUT2D eigenvalue weighted by molar-refractivity contribution is 5.88. The van der Waals surface area contributed by atoms with Gasteiger partial charge in [0.25, 0.3) is 0 Å². The molecule has 1 saturated carbocycles. The first-order valence-electron chi connectivity index (χ1n) is 10.2. The molecule has 5 rings (SSSR count). The SMILES string of the molecule is Cc1ncc(-c2ccc3cnc(CC(=O)C4CCN(C5CC5)C4)cc3c2)n1C. The number of carbonyl (C=O) groups is 1. The molecule has 1 unspecified atom stereocenters. The highest BCUT2D eigenvalue weighted by atomic mass is 16.1. The Hall–Kier alpha value is -2.53. The van der Waals surface area contributed by atoms with E-state index >= 15 is 0 Å². The molecule has 5 heteroatoms. The predicted octanol–water partition coefficient (Wildman–Crippen LogP) is 3.54. The van der Waals surface area contributed by atoms with E-state index in [-0.39, 0.29) is 5.92 Å². The zero-order valence-corrected chi connectivity index (χ0v) is 16.6. The fourth-order valence-electron chi connectivity index (χ4n) is 4.36. The Balaban J connectivity index is 1.36. The molecule has 0 bridgehead atoms. The summed E-state index contributed by atoms with van der Waals surface area (Å²) in [5, 5.41) is 2.22. The van der Waals surface area contributed by atoms with Crippen LogP contribution in [0, 0.1) is 12.8 Å². The van der Waals surface area contributed by atoms with Gasteiger partial charge in [-0.05, 0) is 50.2 Å². The zero-order chi connectivity index (χ0) is 19.3. The highest BCUT2D eigenvalue weighted by Crippen LogP contribution is 2.32. The summed E-state index contributed by atoms with van der Waals surface area (Å²) in [7, 11) is 2.03. The third-order valence-corrected chi connectivity index (χ3v) is 6.39. The number of aryl methyl sites for hydroxylation is 1. The number of pyridine rings is 1. The average Bonchev–Trinajstić information content (AvgIpc) is 3.33. The number of Topliss-reactive ketones (excluding diaryl/α,β-unsaturated/α-hetero) is 1. The summed E-state index contributed by atoms with van der Waals surface area (Å²) in [4.78, 5) is 24.3. The second-order valence-electron chi connectivity index (χ2n) is 8.34. The second kappa shape index (κ2) is 6.82. The van der Waals surface area contributed by atoms with E-state index in [0.717, 1.165) is 59.1 Å². The summed E-state index contributed by atoms with van der Waals surface area (Å²) in [6, 6.07) is 9.21. The molecule has 0 N–H and O–H groups in total. The Morgan fingerprint density at radius 1 is 1.11 bits per heavy atom. The van der Waals surface area contributed by atoms with Crippen LogP contribution < -0.4 is 0 Å². The van der Waals surface area contributed by atoms with Gasteiger partial charge in [-0.2, -0.15) is 0 Å². The van der Waals surface area contributed by atoms with Gasteiger partial charge in [-0.15, -0.1) is 0 Å². The third kappa shape index (κ3) is 3.24. The number of hydrogen-bond donors (Lipinski definition) is 0. The largest absolute Gasteiger partial charge is 0.331 e. The van der Waals surface area contributed by atoms with Crippen LogP contribution in [0.4, 0.5) is 0 Å². The summed E-state index contributed by atoms with van der Waals surface area (Å²) in [5.74, 6) is 1.52. The van der Waals surface area contributed by atoms with Crippen LogP contribution in [0.2, 0.25) is 0 Å². The maximum absolute atomic E-state index is 12.8. The van der Waals surface area contributed by atoms with E-state index in [1.807, 2.05) is 26.4 Å². The van der Waals surface area contributed by atoms with Gasteiger partial charge in [-0.25, -0.2) is 4.98 Å². The molecule has 0 radical (unpaired) electrons. The fraction of sp³-hybridized carbons (Fsp3) is 0.435. The van der Waals surface area contributed by atoms with E-state index in [9.17, 15) is 4.79 Å². The number of fused-ring (bicyclic) bond motifs is 1. The van der Waals surface area contributed by atoms with Crippen LogP contribution in [0.5, 0.6) is 0 Å². The lowest BCUT2D eigenvalue weighted by atomic mass is 9.98. The van der Waals surface area contributed by atoms with Crippen LogP contribution in [-0.4, -0.2) is 44.3 Å². The van der Waals surface area contributed by atoms with Gasteiger partial charge in [-0.1, -0.05) is 12.1 Å². The second-order valence-corrected chi connectivity index (χ2v) is 8.34.